The molecule has 2 aliphatic carbocycles. The van der Waals surface area contributed by atoms with Gasteiger partial charge >= 0.3 is 0 Å². The molecule has 1 aromatic rings. The van der Waals surface area contributed by atoms with E-state index in [0.29, 0.717) is 11.3 Å². The zero-order chi connectivity index (χ0) is 26.2. The van der Waals surface area contributed by atoms with Gasteiger partial charge in [-0.15, -0.1) is 0 Å². The fraction of sp³-hybridized carbons (Fsp3) is 0.607. The van der Waals surface area contributed by atoms with Crippen molar-refractivity contribution < 1.29 is 34.7 Å². The van der Waals surface area contributed by atoms with Crippen LogP contribution in [0, 0.1) is 17.8 Å². The molecule has 1 saturated carbocycles. The molecule has 198 valence electrons. The maximum atomic E-state index is 12.5. The standard InChI is InChI=1S/C28H39NO7/c1-5-6-7-8-17-11-18(13-19(12-17)26(33)29-4)20-9-10-22(16(3)15(20)2)35-27-23-25(32)24(31)21(14-30)28(23,34)36-27/h9-13,15,20-21,23-25,27,30-32,34H,5-8,14H2,1-4H3,(H,29,33). The zero-order valence-corrected chi connectivity index (χ0v) is 21.5. The average molecular weight is 502 g/mol. The maximum absolute atomic E-state index is 12.5. The molecule has 0 aromatic heterocycles. The summed E-state index contributed by atoms with van der Waals surface area (Å²) >= 11 is 0. The van der Waals surface area contributed by atoms with Gasteiger partial charge in [0.1, 0.15) is 11.7 Å². The van der Waals surface area contributed by atoms with Crippen molar-refractivity contribution in [2.45, 2.75) is 76.7 Å². The summed E-state index contributed by atoms with van der Waals surface area (Å²) in [6.45, 7) is 5.74. The average Bonchev–Trinajstić information content (AvgIpc) is 3.00. The Morgan fingerprint density at radius 3 is 2.61 bits per heavy atom. The first-order valence-corrected chi connectivity index (χ1v) is 12.9. The molecule has 1 saturated heterocycles. The van der Waals surface area contributed by atoms with Crippen LogP contribution in [0.5, 0.6) is 0 Å². The first-order chi connectivity index (χ1) is 17.2. The van der Waals surface area contributed by atoms with Crippen molar-refractivity contribution in [2.24, 2.45) is 17.8 Å². The second-order valence-electron chi connectivity index (χ2n) is 10.4. The highest BCUT2D eigenvalue weighted by atomic mass is 16.8. The van der Waals surface area contributed by atoms with Crippen molar-refractivity contribution in [2.75, 3.05) is 13.7 Å². The summed E-state index contributed by atoms with van der Waals surface area (Å²) in [5, 5.41) is 43.5. The van der Waals surface area contributed by atoms with Crippen LogP contribution < -0.4 is 5.32 Å². The highest BCUT2D eigenvalue weighted by Crippen LogP contribution is 2.54. The van der Waals surface area contributed by atoms with E-state index in [2.05, 4.69) is 25.2 Å². The van der Waals surface area contributed by atoms with Crippen molar-refractivity contribution in [3.05, 3.63) is 58.4 Å². The number of rotatable bonds is 9. The monoisotopic (exact) mass is 501 g/mol. The van der Waals surface area contributed by atoms with E-state index < -0.39 is 42.7 Å². The molecule has 0 radical (unpaired) electrons. The minimum absolute atomic E-state index is 0.0452. The van der Waals surface area contributed by atoms with Crippen molar-refractivity contribution in [1.29, 1.82) is 0 Å². The first-order valence-electron chi connectivity index (χ1n) is 12.9. The van der Waals surface area contributed by atoms with Gasteiger partial charge in [0.15, 0.2) is 5.79 Å². The molecule has 8 heteroatoms. The van der Waals surface area contributed by atoms with Crippen LogP contribution in [0.4, 0.5) is 0 Å². The first kappa shape index (κ1) is 26.8. The van der Waals surface area contributed by atoms with Crippen LogP contribution in [0.15, 0.2) is 41.7 Å². The SMILES string of the molecule is CCCCCc1cc(C(=O)NC)cc(C2C=CC(OC3OC4(O)C(CO)C(O)C(O)C34)=C(C)C2C)c1. The summed E-state index contributed by atoms with van der Waals surface area (Å²) in [6, 6.07) is 6.11. The van der Waals surface area contributed by atoms with E-state index in [1.54, 1.807) is 7.05 Å². The molecule has 2 fully saturated rings. The smallest absolute Gasteiger partial charge is 0.251 e. The lowest BCUT2D eigenvalue weighted by Crippen LogP contribution is -2.63. The number of hydrogen-bond acceptors (Lipinski definition) is 7. The molecule has 1 aromatic carbocycles. The highest BCUT2D eigenvalue weighted by Gasteiger charge is 2.71. The number of benzene rings is 1. The third kappa shape index (κ3) is 4.61. The molecule has 0 bridgehead atoms. The van der Waals surface area contributed by atoms with Gasteiger partial charge in [-0.1, -0.05) is 38.8 Å². The van der Waals surface area contributed by atoms with E-state index in [1.165, 1.54) is 0 Å². The van der Waals surface area contributed by atoms with Crippen LogP contribution in [0.2, 0.25) is 0 Å². The Morgan fingerprint density at radius 1 is 1.19 bits per heavy atom. The van der Waals surface area contributed by atoms with Gasteiger partial charge in [0.2, 0.25) is 6.29 Å². The normalized spacial score (nSPS) is 35.4. The number of aryl methyl sites for hydroxylation is 1. The number of allylic oxidation sites excluding steroid dienone is 3. The fourth-order valence-corrected chi connectivity index (χ4v) is 5.78. The predicted molar refractivity (Wildman–Crippen MR) is 134 cm³/mol. The molecule has 8 nitrogen and oxygen atoms in total. The second-order valence-corrected chi connectivity index (χ2v) is 10.4. The van der Waals surface area contributed by atoms with E-state index in [1.807, 2.05) is 31.2 Å². The Balaban J connectivity index is 1.52. The third-order valence-corrected chi connectivity index (χ3v) is 8.20. The molecule has 8 atom stereocenters. The number of ether oxygens (including phenoxy) is 2. The summed E-state index contributed by atoms with van der Waals surface area (Å²) in [5.41, 5.74) is 3.85. The molecule has 36 heavy (non-hydrogen) atoms. The second kappa shape index (κ2) is 10.6. The molecule has 4 rings (SSSR count). The summed E-state index contributed by atoms with van der Waals surface area (Å²) in [6.07, 6.45) is 4.71. The number of unbranched alkanes of at least 4 members (excludes halogenated alkanes) is 2. The van der Waals surface area contributed by atoms with Crippen molar-refractivity contribution >= 4 is 5.91 Å². The summed E-state index contributed by atoms with van der Waals surface area (Å²) in [7, 11) is 1.64. The largest absolute Gasteiger partial charge is 0.464 e. The lowest BCUT2D eigenvalue weighted by atomic mass is 9.78. The molecular formula is C28H39NO7. The predicted octanol–water partition coefficient (Wildman–Crippen LogP) is 2.36. The Bertz CT molecular complexity index is 1040. The van der Waals surface area contributed by atoms with Crippen LogP contribution in [0.3, 0.4) is 0 Å². The van der Waals surface area contributed by atoms with E-state index in [0.717, 1.165) is 42.4 Å². The number of hydrogen-bond donors (Lipinski definition) is 5. The fourth-order valence-electron chi connectivity index (χ4n) is 5.78. The molecule has 1 amide bonds. The minimum Gasteiger partial charge on any atom is -0.464 e. The molecular weight excluding hydrogens is 462 g/mol. The van der Waals surface area contributed by atoms with Crippen LogP contribution in [0.1, 0.15) is 67.4 Å². The Morgan fingerprint density at radius 2 is 1.94 bits per heavy atom. The van der Waals surface area contributed by atoms with Crippen molar-refractivity contribution in [1.82, 2.24) is 5.32 Å². The zero-order valence-electron chi connectivity index (χ0n) is 21.5. The Labute approximate surface area is 212 Å². The van der Waals surface area contributed by atoms with E-state index in [4.69, 9.17) is 9.47 Å². The van der Waals surface area contributed by atoms with Crippen LogP contribution in [0.25, 0.3) is 0 Å². The van der Waals surface area contributed by atoms with Gasteiger partial charge in [0.05, 0.1) is 24.7 Å². The number of carbonyl (C=O) groups is 1. The number of carbonyl (C=O) groups excluding carboxylic acids is 1. The lowest BCUT2D eigenvalue weighted by molar-refractivity contribution is -0.431. The molecule has 5 N–H and O–H groups in total. The summed E-state index contributed by atoms with van der Waals surface area (Å²) in [5.74, 6) is -3.07. The maximum Gasteiger partial charge on any atom is 0.251 e. The minimum atomic E-state index is -1.81. The van der Waals surface area contributed by atoms with Gasteiger partial charge in [-0.25, -0.2) is 0 Å². The number of fused-ring (bicyclic) bond motifs is 1. The van der Waals surface area contributed by atoms with Crippen LogP contribution >= 0.6 is 0 Å². The molecule has 1 heterocycles. The van der Waals surface area contributed by atoms with Gasteiger partial charge in [-0.2, -0.15) is 0 Å². The highest BCUT2D eigenvalue weighted by molar-refractivity contribution is 5.94. The van der Waals surface area contributed by atoms with E-state index in [-0.39, 0.29) is 17.7 Å². The number of nitrogens with one attached hydrogen (secondary N) is 1. The molecule has 3 aliphatic rings. The van der Waals surface area contributed by atoms with Crippen LogP contribution in [-0.4, -0.2) is 64.3 Å². The lowest BCUT2D eigenvalue weighted by Gasteiger charge is -2.49. The van der Waals surface area contributed by atoms with Gasteiger partial charge < -0.3 is 35.2 Å². The molecule has 8 unspecified atom stereocenters. The van der Waals surface area contributed by atoms with Gasteiger partial charge in [0, 0.05) is 18.5 Å². The van der Waals surface area contributed by atoms with Crippen molar-refractivity contribution in [3.8, 4) is 0 Å². The Hall–Kier alpha value is -2.23. The third-order valence-electron chi connectivity index (χ3n) is 8.20. The topological polar surface area (TPSA) is 128 Å². The molecule has 0 spiro atoms. The number of aliphatic hydroxyl groups is 4. The van der Waals surface area contributed by atoms with E-state index in [9.17, 15) is 25.2 Å². The van der Waals surface area contributed by atoms with Gasteiger partial charge in [0.25, 0.3) is 5.91 Å². The number of aliphatic hydroxyl groups excluding tert-OH is 3. The summed E-state index contributed by atoms with van der Waals surface area (Å²) < 4.78 is 11.6. The summed E-state index contributed by atoms with van der Waals surface area (Å²) in [4.78, 5) is 12.5. The Kier molecular flexibility index (Phi) is 7.92. The van der Waals surface area contributed by atoms with Gasteiger partial charge in [-0.3, -0.25) is 4.79 Å². The van der Waals surface area contributed by atoms with E-state index >= 15 is 0 Å². The van der Waals surface area contributed by atoms with Crippen molar-refractivity contribution in [3.63, 3.8) is 0 Å². The quantitative estimate of drug-likeness (QED) is 0.329. The van der Waals surface area contributed by atoms with Gasteiger partial charge in [-0.05, 0) is 60.6 Å². The van der Waals surface area contributed by atoms with Crippen LogP contribution in [-0.2, 0) is 15.9 Å². The number of amides is 1. The molecule has 1 aliphatic heterocycles.